The molecule has 0 atom stereocenters. The third kappa shape index (κ3) is 3.70. The maximum atomic E-state index is 12.4. The predicted molar refractivity (Wildman–Crippen MR) is 79.0 cm³/mol. The van der Waals surface area contributed by atoms with E-state index in [2.05, 4.69) is 10.3 Å². The number of amides is 1. The topological polar surface area (TPSA) is 54.5 Å². The number of hydrogen-bond donors (Lipinski definition) is 1. The Balaban J connectivity index is 1.91. The normalized spacial score (nSPS) is 16.2. The lowest BCUT2D eigenvalue weighted by Crippen LogP contribution is -2.40. The summed E-state index contributed by atoms with van der Waals surface area (Å²) >= 11 is 0. The van der Waals surface area contributed by atoms with Crippen LogP contribution in [0.2, 0.25) is 0 Å². The largest absolute Gasteiger partial charge is 0.378 e. The van der Waals surface area contributed by atoms with Crippen molar-refractivity contribution < 1.29 is 9.53 Å². The van der Waals surface area contributed by atoms with Crippen molar-refractivity contribution in [2.75, 3.05) is 31.6 Å². The highest BCUT2D eigenvalue weighted by Crippen LogP contribution is 2.16. The van der Waals surface area contributed by atoms with Gasteiger partial charge in [-0.3, -0.25) is 4.79 Å². The van der Waals surface area contributed by atoms with E-state index in [0.717, 1.165) is 44.9 Å². The van der Waals surface area contributed by atoms with Crippen molar-refractivity contribution in [2.24, 2.45) is 0 Å². The van der Waals surface area contributed by atoms with Gasteiger partial charge in [0.15, 0.2) is 0 Å². The summed E-state index contributed by atoms with van der Waals surface area (Å²) in [5, 5.41) is 3.12. The van der Waals surface area contributed by atoms with Gasteiger partial charge < -0.3 is 15.0 Å². The molecule has 0 aliphatic carbocycles. The van der Waals surface area contributed by atoms with E-state index in [0.29, 0.717) is 11.7 Å². The van der Waals surface area contributed by atoms with Gasteiger partial charge in [0, 0.05) is 32.4 Å². The van der Waals surface area contributed by atoms with Crippen molar-refractivity contribution in [3.8, 4) is 0 Å². The summed E-state index contributed by atoms with van der Waals surface area (Å²) in [5.74, 6) is 0.870. The molecule has 1 aliphatic rings. The number of likely N-dealkylation sites (tertiary alicyclic amines) is 1. The highest BCUT2D eigenvalue weighted by molar-refractivity contribution is 5.94. The molecule has 5 nitrogen and oxygen atoms in total. The molecule has 110 valence electrons. The van der Waals surface area contributed by atoms with Crippen LogP contribution >= 0.6 is 0 Å². The van der Waals surface area contributed by atoms with E-state index < -0.39 is 0 Å². The fourth-order valence-electron chi connectivity index (χ4n) is 2.45. The minimum Gasteiger partial charge on any atom is -0.378 e. The Morgan fingerprint density at radius 3 is 2.70 bits per heavy atom. The molecule has 1 aromatic heterocycles. The van der Waals surface area contributed by atoms with Gasteiger partial charge in [0.25, 0.3) is 5.91 Å². The number of nitrogens with one attached hydrogen (secondary N) is 1. The summed E-state index contributed by atoms with van der Waals surface area (Å²) in [4.78, 5) is 18.5. The molecule has 1 amide bonds. The third-order valence-corrected chi connectivity index (χ3v) is 3.50. The quantitative estimate of drug-likeness (QED) is 0.896. The third-order valence-electron chi connectivity index (χ3n) is 3.50. The zero-order valence-electron chi connectivity index (χ0n) is 12.3. The first kappa shape index (κ1) is 14.8. The van der Waals surface area contributed by atoms with Crippen LogP contribution in [0.5, 0.6) is 0 Å². The molecule has 0 bridgehead atoms. The van der Waals surface area contributed by atoms with E-state index in [-0.39, 0.29) is 5.91 Å². The van der Waals surface area contributed by atoms with Crippen LogP contribution in [0.3, 0.4) is 0 Å². The van der Waals surface area contributed by atoms with Gasteiger partial charge in [-0.1, -0.05) is 0 Å². The fraction of sp³-hybridized carbons (Fsp3) is 0.600. The van der Waals surface area contributed by atoms with Crippen LogP contribution < -0.4 is 5.32 Å². The van der Waals surface area contributed by atoms with Gasteiger partial charge >= 0.3 is 0 Å². The number of anilines is 1. The number of carbonyl (C=O) groups is 1. The molecular weight excluding hydrogens is 254 g/mol. The van der Waals surface area contributed by atoms with E-state index in [4.69, 9.17) is 4.74 Å². The van der Waals surface area contributed by atoms with Crippen LogP contribution in [0.15, 0.2) is 18.3 Å². The van der Waals surface area contributed by atoms with Gasteiger partial charge in [-0.2, -0.15) is 0 Å². The Morgan fingerprint density at radius 1 is 1.40 bits per heavy atom. The molecule has 2 heterocycles. The highest BCUT2D eigenvalue weighted by Gasteiger charge is 2.23. The monoisotopic (exact) mass is 277 g/mol. The maximum absolute atomic E-state index is 12.4. The molecular formula is C15H23N3O2. The second-order valence-corrected chi connectivity index (χ2v) is 4.91. The molecule has 1 aromatic rings. The molecule has 0 aromatic carbocycles. The van der Waals surface area contributed by atoms with E-state index >= 15 is 0 Å². The van der Waals surface area contributed by atoms with Crippen LogP contribution in [-0.4, -0.2) is 48.1 Å². The first-order valence-corrected chi connectivity index (χ1v) is 7.35. The minimum atomic E-state index is 0.0653. The van der Waals surface area contributed by atoms with Crippen LogP contribution in [0.25, 0.3) is 0 Å². The van der Waals surface area contributed by atoms with E-state index in [1.165, 1.54) is 0 Å². The van der Waals surface area contributed by atoms with Crippen molar-refractivity contribution in [1.82, 2.24) is 9.88 Å². The van der Waals surface area contributed by atoms with Crippen LogP contribution in [-0.2, 0) is 4.74 Å². The number of ether oxygens (including phenoxy) is 1. The van der Waals surface area contributed by atoms with Crippen molar-refractivity contribution in [1.29, 1.82) is 0 Å². The average Bonchev–Trinajstić information content (AvgIpc) is 2.49. The fourth-order valence-corrected chi connectivity index (χ4v) is 2.45. The standard InChI is InChI=1S/C15H23N3O2/c1-3-16-14-6-5-12(11-17-14)15(19)18-9-7-13(8-10-18)20-4-2/h5-6,11,13H,3-4,7-10H2,1-2H3,(H,16,17). The van der Waals surface area contributed by atoms with Gasteiger partial charge in [-0.15, -0.1) is 0 Å². The maximum Gasteiger partial charge on any atom is 0.255 e. The summed E-state index contributed by atoms with van der Waals surface area (Å²) in [6, 6.07) is 3.69. The van der Waals surface area contributed by atoms with Crippen molar-refractivity contribution in [2.45, 2.75) is 32.8 Å². The Morgan fingerprint density at radius 2 is 2.15 bits per heavy atom. The zero-order chi connectivity index (χ0) is 14.4. The molecule has 1 N–H and O–H groups in total. The SMILES string of the molecule is CCNc1ccc(C(=O)N2CCC(OCC)CC2)cn1. The zero-order valence-corrected chi connectivity index (χ0v) is 12.3. The summed E-state index contributed by atoms with van der Waals surface area (Å²) in [7, 11) is 0. The van der Waals surface area contributed by atoms with Crippen molar-refractivity contribution >= 4 is 11.7 Å². The first-order valence-electron chi connectivity index (χ1n) is 7.35. The van der Waals surface area contributed by atoms with E-state index in [1.54, 1.807) is 6.20 Å². The number of rotatable bonds is 5. The van der Waals surface area contributed by atoms with Crippen LogP contribution in [0.4, 0.5) is 5.82 Å². The Kier molecular flexibility index (Phi) is 5.35. The number of aromatic nitrogens is 1. The van der Waals surface area contributed by atoms with Gasteiger partial charge in [0.05, 0.1) is 11.7 Å². The van der Waals surface area contributed by atoms with Gasteiger partial charge in [0.1, 0.15) is 5.82 Å². The van der Waals surface area contributed by atoms with Crippen LogP contribution in [0, 0.1) is 0 Å². The highest BCUT2D eigenvalue weighted by atomic mass is 16.5. The van der Waals surface area contributed by atoms with Gasteiger partial charge in [-0.25, -0.2) is 4.98 Å². The summed E-state index contributed by atoms with van der Waals surface area (Å²) in [6.45, 7) is 7.12. The lowest BCUT2D eigenvalue weighted by atomic mass is 10.1. The van der Waals surface area contributed by atoms with Gasteiger partial charge in [-0.05, 0) is 38.8 Å². The molecule has 1 aliphatic heterocycles. The summed E-state index contributed by atoms with van der Waals surface area (Å²) in [5.41, 5.74) is 0.654. The summed E-state index contributed by atoms with van der Waals surface area (Å²) in [6.07, 6.45) is 3.79. The molecule has 20 heavy (non-hydrogen) atoms. The van der Waals surface area contributed by atoms with Gasteiger partial charge in [0.2, 0.25) is 0 Å². The Bertz CT molecular complexity index is 425. The molecule has 2 rings (SSSR count). The molecule has 1 fully saturated rings. The lowest BCUT2D eigenvalue weighted by molar-refractivity contribution is 0.0146. The second-order valence-electron chi connectivity index (χ2n) is 4.91. The van der Waals surface area contributed by atoms with E-state index in [1.807, 2.05) is 30.9 Å². The van der Waals surface area contributed by atoms with Crippen molar-refractivity contribution in [3.05, 3.63) is 23.9 Å². The number of hydrogen-bond acceptors (Lipinski definition) is 4. The van der Waals surface area contributed by atoms with Crippen LogP contribution in [0.1, 0.15) is 37.0 Å². The van der Waals surface area contributed by atoms with Crippen molar-refractivity contribution in [3.63, 3.8) is 0 Å². The molecule has 0 radical (unpaired) electrons. The first-order chi connectivity index (χ1) is 9.74. The minimum absolute atomic E-state index is 0.0653. The Hall–Kier alpha value is -1.62. The molecule has 0 unspecified atom stereocenters. The number of nitrogens with zero attached hydrogens (tertiary/aromatic N) is 2. The molecule has 1 saturated heterocycles. The molecule has 5 heteroatoms. The van der Waals surface area contributed by atoms with E-state index in [9.17, 15) is 4.79 Å². The average molecular weight is 277 g/mol. The lowest BCUT2D eigenvalue weighted by Gasteiger charge is -2.31. The smallest absolute Gasteiger partial charge is 0.255 e. The number of pyridine rings is 1. The number of piperidine rings is 1. The second kappa shape index (κ2) is 7.24. The molecule has 0 saturated carbocycles. The predicted octanol–water partition coefficient (Wildman–Crippen LogP) is 2.15. The summed E-state index contributed by atoms with van der Waals surface area (Å²) < 4.78 is 5.60. The number of carbonyl (C=O) groups excluding carboxylic acids is 1. The molecule has 0 spiro atoms. The Labute approximate surface area is 120 Å².